The summed E-state index contributed by atoms with van der Waals surface area (Å²) < 4.78 is 25.7. The Bertz CT molecular complexity index is 2200. The minimum atomic E-state index is -0.298. The molecule has 0 spiro atoms. The number of methoxy groups -OCH3 is 1. The molecule has 2 unspecified atom stereocenters. The van der Waals surface area contributed by atoms with Crippen molar-refractivity contribution < 1.29 is 18.7 Å². The fourth-order valence-electron chi connectivity index (χ4n) is 8.78. The van der Waals surface area contributed by atoms with E-state index in [1.54, 1.807) is 18.1 Å². The number of aromatic nitrogens is 4. The number of likely N-dealkylation sites (tertiary alicyclic amines) is 1. The van der Waals surface area contributed by atoms with Gasteiger partial charge >= 0.3 is 0 Å². The summed E-state index contributed by atoms with van der Waals surface area (Å²) in [6, 6.07) is 13.8. The minimum Gasteiger partial charge on any atom is -0.494 e. The normalized spacial score (nSPS) is 21.6. The molecule has 10 heteroatoms. The van der Waals surface area contributed by atoms with Crippen molar-refractivity contribution in [3.63, 3.8) is 0 Å². The molecule has 2 aliphatic heterocycles. The van der Waals surface area contributed by atoms with E-state index in [-0.39, 0.29) is 17.6 Å². The molecule has 2 amide bonds. The molecule has 49 heavy (non-hydrogen) atoms. The van der Waals surface area contributed by atoms with Crippen LogP contribution < -0.4 is 4.74 Å². The van der Waals surface area contributed by atoms with Crippen LogP contribution in [0.4, 0.5) is 4.39 Å². The Labute approximate surface area is 284 Å². The molecule has 4 aliphatic rings. The lowest BCUT2D eigenvalue weighted by atomic mass is 9.95. The molecule has 2 bridgehead atoms. The minimum absolute atomic E-state index is 0.0372. The molecule has 9 nitrogen and oxygen atoms in total. The smallest absolute Gasteiger partial charge is 0.254 e. The number of halogens is 1. The highest BCUT2D eigenvalue weighted by Gasteiger charge is 2.46. The van der Waals surface area contributed by atoms with Gasteiger partial charge in [-0.15, -0.1) is 0 Å². The highest BCUT2D eigenvalue weighted by Crippen LogP contribution is 2.44. The fraction of sp³-hybridized carbons (Fsp3) is 0.436. The number of benzene rings is 2. The van der Waals surface area contributed by atoms with E-state index in [1.807, 2.05) is 31.3 Å². The zero-order valence-corrected chi connectivity index (χ0v) is 28.5. The van der Waals surface area contributed by atoms with Gasteiger partial charge in [0.15, 0.2) is 5.82 Å². The Morgan fingerprint density at radius 3 is 2.59 bits per heavy atom. The number of nitrogens with zero attached hydrogens (tertiary/aromatic N) is 6. The molecule has 2 aromatic carbocycles. The maximum atomic E-state index is 15.5. The maximum absolute atomic E-state index is 15.5. The number of carbonyl (C=O) groups is 2. The van der Waals surface area contributed by atoms with E-state index in [0.29, 0.717) is 65.9 Å². The molecule has 5 aromatic rings. The lowest BCUT2D eigenvalue weighted by Crippen LogP contribution is -2.38. The first-order valence-corrected chi connectivity index (χ1v) is 17.6. The third-order valence-electron chi connectivity index (χ3n) is 11.8. The van der Waals surface area contributed by atoms with Crippen molar-refractivity contribution >= 4 is 33.9 Å². The van der Waals surface area contributed by atoms with Gasteiger partial charge in [-0.1, -0.05) is 6.92 Å². The van der Waals surface area contributed by atoms with E-state index in [2.05, 4.69) is 33.1 Å². The van der Waals surface area contributed by atoms with Crippen molar-refractivity contribution in [3.8, 4) is 28.5 Å². The number of hydrogen-bond acceptors (Lipinski definition) is 5. The van der Waals surface area contributed by atoms with Gasteiger partial charge in [-0.25, -0.2) is 14.4 Å². The van der Waals surface area contributed by atoms with E-state index in [4.69, 9.17) is 14.7 Å². The summed E-state index contributed by atoms with van der Waals surface area (Å²) in [5, 5.41) is 0.989. The standard InChI is InChI=1S/C39H41FN6O3/c1-21-26-8-10-33(21)46(19-26)39(48)28-15-32-36(35(17-28)49-4)43(3)38(42-32)34-16-25-7-9-31(41-37(25)45(34)18-23-5-6-23)27-13-24-11-12-44(22(2)47)20-29(24)30(40)14-27/h7,9,13-17,21,23,26,33H,5-6,8,10-12,18-20H2,1-4H3/t21-,26?,33?/m1/s1. The second-order valence-corrected chi connectivity index (χ2v) is 14.7. The zero-order valence-electron chi connectivity index (χ0n) is 28.5. The summed E-state index contributed by atoms with van der Waals surface area (Å²) in [7, 11) is 3.64. The number of piperidine rings is 1. The highest BCUT2D eigenvalue weighted by molar-refractivity contribution is 6.00. The average molecular weight is 661 g/mol. The predicted molar refractivity (Wildman–Crippen MR) is 186 cm³/mol. The van der Waals surface area contributed by atoms with Crippen LogP contribution in [-0.4, -0.2) is 67.0 Å². The number of imidazole rings is 1. The Morgan fingerprint density at radius 2 is 1.88 bits per heavy atom. The first-order valence-electron chi connectivity index (χ1n) is 17.6. The van der Waals surface area contributed by atoms with Gasteiger partial charge in [0, 0.05) is 68.3 Å². The van der Waals surface area contributed by atoms with Crippen LogP contribution in [0.2, 0.25) is 0 Å². The Morgan fingerprint density at radius 1 is 1.04 bits per heavy atom. The summed E-state index contributed by atoms with van der Waals surface area (Å²) in [6.07, 6.45) is 5.24. The van der Waals surface area contributed by atoms with Crippen LogP contribution in [0.1, 0.15) is 61.0 Å². The molecule has 0 N–H and O–H groups in total. The first kappa shape index (κ1) is 30.3. The lowest BCUT2D eigenvalue weighted by molar-refractivity contribution is -0.129. The number of amides is 2. The third-order valence-corrected chi connectivity index (χ3v) is 11.8. The first-order chi connectivity index (χ1) is 23.7. The molecular weight excluding hydrogens is 619 g/mol. The number of carbonyl (C=O) groups excluding carboxylic acids is 2. The monoisotopic (exact) mass is 660 g/mol. The van der Waals surface area contributed by atoms with E-state index in [1.165, 1.54) is 26.2 Å². The van der Waals surface area contributed by atoms with Crippen molar-refractivity contribution in [1.29, 1.82) is 0 Å². The van der Waals surface area contributed by atoms with Crippen LogP contribution in [0.5, 0.6) is 5.75 Å². The summed E-state index contributed by atoms with van der Waals surface area (Å²) in [5.74, 6) is 2.83. The van der Waals surface area contributed by atoms with Gasteiger partial charge < -0.3 is 23.7 Å². The molecule has 0 radical (unpaired) electrons. The molecule has 9 rings (SSSR count). The second-order valence-electron chi connectivity index (χ2n) is 14.7. The number of rotatable bonds is 6. The Hall–Kier alpha value is -4.73. The third kappa shape index (κ3) is 4.85. The number of aryl methyl sites for hydroxylation is 1. The molecular formula is C39H41FN6O3. The zero-order chi connectivity index (χ0) is 33.7. The van der Waals surface area contributed by atoms with Gasteiger partial charge in [0.25, 0.3) is 5.91 Å². The quantitative estimate of drug-likeness (QED) is 0.205. The summed E-state index contributed by atoms with van der Waals surface area (Å²) in [6.45, 7) is 6.33. The van der Waals surface area contributed by atoms with Crippen molar-refractivity contribution in [2.24, 2.45) is 24.8 Å². The topological polar surface area (TPSA) is 85.5 Å². The van der Waals surface area contributed by atoms with Crippen LogP contribution >= 0.6 is 0 Å². The van der Waals surface area contributed by atoms with Crippen molar-refractivity contribution in [3.05, 3.63) is 65.0 Å². The van der Waals surface area contributed by atoms with Crippen LogP contribution in [0.15, 0.2) is 42.5 Å². The van der Waals surface area contributed by atoms with Gasteiger partial charge in [0.1, 0.15) is 22.7 Å². The largest absolute Gasteiger partial charge is 0.494 e. The van der Waals surface area contributed by atoms with Crippen LogP contribution in [-0.2, 0) is 31.4 Å². The van der Waals surface area contributed by atoms with E-state index in [9.17, 15) is 9.59 Å². The Balaban J connectivity index is 1.12. The van der Waals surface area contributed by atoms with Crippen LogP contribution in [0.3, 0.4) is 0 Å². The summed E-state index contributed by atoms with van der Waals surface area (Å²) in [4.78, 5) is 39.8. The molecule has 2 saturated carbocycles. The molecule has 3 atom stereocenters. The molecule has 1 saturated heterocycles. The van der Waals surface area contributed by atoms with Gasteiger partial charge in [-0.2, -0.15) is 0 Å². The number of ether oxygens (including phenoxy) is 1. The van der Waals surface area contributed by atoms with Gasteiger partial charge in [-0.05, 0) is 97.9 Å². The van der Waals surface area contributed by atoms with Gasteiger partial charge in [-0.3, -0.25) is 9.59 Å². The van der Waals surface area contributed by atoms with Crippen LogP contribution in [0, 0.1) is 23.6 Å². The molecule has 2 aliphatic carbocycles. The molecule has 3 aromatic heterocycles. The van der Waals surface area contributed by atoms with Crippen molar-refractivity contribution in [1.82, 2.24) is 28.9 Å². The molecule has 3 fully saturated rings. The van der Waals surface area contributed by atoms with E-state index >= 15 is 4.39 Å². The number of pyridine rings is 1. The highest BCUT2D eigenvalue weighted by atomic mass is 19.1. The Kier molecular flexibility index (Phi) is 6.90. The van der Waals surface area contributed by atoms with Crippen molar-refractivity contribution in [2.45, 2.75) is 65.1 Å². The SMILES string of the molecule is COc1cc(C(=O)N2CC3CCC2[C@@H]3C)cc2nc(-c3cc4ccc(-c5cc(F)c6c(c5)CCN(C(C)=O)C6)nc4n3CC3CC3)n(C)c12. The van der Waals surface area contributed by atoms with E-state index < -0.39 is 0 Å². The summed E-state index contributed by atoms with van der Waals surface area (Å²) in [5.41, 5.74) is 6.95. The molecule has 5 heterocycles. The van der Waals surface area contributed by atoms with Gasteiger partial charge in [0.2, 0.25) is 5.91 Å². The van der Waals surface area contributed by atoms with E-state index in [0.717, 1.165) is 64.2 Å². The second kappa shape index (κ2) is 11.1. The van der Waals surface area contributed by atoms with Crippen LogP contribution in [0.25, 0.3) is 44.8 Å². The fourth-order valence-corrected chi connectivity index (χ4v) is 8.78. The van der Waals surface area contributed by atoms with Gasteiger partial charge in [0.05, 0.1) is 24.0 Å². The number of fused-ring (bicyclic) bond motifs is 5. The summed E-state index contributed by atoms with van der Waals surface area (Å²) >= 11 is 0. The predicted octanol–water partition coefficient (Wildman–Crippen LogP) is 6.59. The lowest BCUT2D eigenvalue weighted by Gasteiger charge is -2.28. The number of hydrogen-bond donors (Lipinski definition) is 0. The maximum Gasteiger partial charge on any atom is 0.254 e. The molecule has 252 valence electrons. The van der Waals surface area contributed by atoms with Crippen molar-refractivity contribution in [2.75, 3.05) is 20.2 Å². The average Bonchev–Trinajstić information content (AvgIpc) is 3.50.